The Balaban J connectivity index is 1.98. The molecule has 0 bridgehead atoms. The lowest BCUT2D eigenvalue weighted by Crippen LogP contribution is -2.41. The molecule has 1 aliphatic heterocycles. The number of hydrogen-bond donors (Lipinski definition) is 3. The molecule has 1 heterocycles. The summed E-state index contributed by atoms with van der Waals surface area (Å²) in [4.78, 5) is 0. The Morgan fingerprint density at radius 3 is 2.85 bits per heavy atom. The van der Waals surface area contributed by atoms with Crippen LogP contribution in [-0.2, 0) is 4.74 Å². The average molecular weight is 189 g/mol. The molecule has 3 N–H and O–H groups in total. The quantitative estimate of drug-likeness (QED) is 0.493. The van der Waals surface area contributed by atoms with Crippen molar-refractivity contribution in [2.75, 3.05) is 32.9 Å². The third-order valence-electron chi connectivity index (χ3n) is 2.30. The second kappa shape index (κ2) is 5.54. The Labute approximate surface area is 78.9 Å². The first-order chi connectivity index (χ1) is 6.27. The van der Waals surface area contributed by atoms with Crippen molar-refractivity contribution >= 4 is 0 Å². The summed E-state index contributed by atoms with van der Waals surface area (Å²) in [7, 11) is 0. The highest BCUT2D eigenvalue weighted by molar-refractivity contribution is 4.84. The van der Waals surface area contributed by atoms with Gasteiger partial charge in [-0.3, -0.25) is 0 Å². The zero-order valence-corrected chi connectivity index (χ0v) is 7.96. The van der Waals surface area contributed by atoms with Gasteiger partial charge in [0.25, 0.3) is 0 Å². The van der Waals surface area contributed by atoms with Gasteiger partial charge in [0, 0.05) is 26.2 Å². The third-order valence-corrected chi connectivity index (χ3v) is 2.30. The van der Waals surface area contributed by atoms with Gasteiger partial charge in [-0.2, -0.15) is 0 Å². The van der Waals surface area contributed by atoms with E-state index in [0.29, 0.717) is 19.8 Å². The van der Waals surface area contributed by atoms with E-state index in [4.69, 9.17) is 9.84 Å². The molecule has 1 unspecified atom stereocenters. The van der Waals surface area contributed by atoms with Gasteiger partial charge in [0.1, 0.15) is 5.60 Å². The molecule has 0 aliphatic carbocycles. The molecule has 78 valence electrons. The van der Waals surface area contributed by atoms with E-state index in [1.165, 1.54) is 0 Å². The number of unbranched alkanes of at least 4 members (excludes halogenated alkanes) is 1. The molecule has 0 aromatic heterocycles. The van der Waals surface area contributed by atoms with Crippen LogP contribution in [0, 0.1) is 0 Å². The molecule has 1 aliphatic rings. The van der Waals surface area contributed by atoms with Gasteiger partial charge < -0.3 is 20.3 Å². The van der Waals surface area contributed by atoms with Crippen LogP contribution in [0.25, 0.3) is 0 Å². The van der Waals surface area contributed by atoms with Crippen molar-refractivity contribution in [3.05, 3.63) is 0 Å². The Bertz CT molecular complexity index is 135. The maximum absolute atomic E-state index is 9.81. The predicted octanol–water partition coefficient (Wildman–Crippen LogP) is -0.500. The second-order valence-corrected chi connectivity index (χ2v) is 3.63. The molecule has 13 heavy (non-hydrogen) atoms. The summed E-state index contributed by atoms with van der Waals surface area (Å²) < 4.78 is 5.11. The van der Waals surface area contributed by atoms with Crippen LogP contribution in [0.5, 0.6) is 0 Å². The first kappa shape index (κ1) is 10.9. The normalized spacial score (nSPS) is 28.2. The number of rotatable bonds is 6. The van der Waals surface area contributed by atoms with Gasteiger partial charge in [-0.25, -0.2) is 0 Å². The lowest BCUT2D eigenvalue weighted by Gasteiger charge is -2.20. The van der Waals surface area contributed by atoms with Crippen LogP contribution in [0.1, 0.15) is 19.3 Å². The topological polar surface area (TPSA) is 61.7 Å². The van der Waals surface area contributed by atoms with Crippen LogP contribution in [0.2, 0.25) is 0 Å². The van der Waals surface area contributed by atoms with Crippen molar-refractivity contribution in [3.8, 4) is 0 Å². The molecular formula is C9H19NO3. The minimum atomic E-state index is -0.654. The van der Waals surface area contributed by atoms with E-state index in [9.17, 15) is 5.11 Å². The van der Waals surface area contributed by atoms with E-state index >= 15 is 0 Å². The number of hydrogen-bond acceptors (Lipinski definition) is 4. The van der Waals surface area contributed by atoms with Gasteiger partial charge in [-0.15, -0.1) is 0 Å². The maximum atomic E-state index is 9.81. The molecule has 1 fully saturated rings. The molecule has 0 aromatic rings. The lowest BCUT2D eigenvalue weighted by molar-refractivity contribution is 0.0271. The van der Waals surface area contributed by atoms with Gasteiger partial charge in [0.15, 0.2) is 0 Å². The van der Waals surface area contributed by atoms with Crippen molar-refractivity contribution < 1.29 is 14.9 Å². The molecule has 4 nitrogen and oxygen atoms in total. The van der Waals surface area contributed by atoms with Crippen molar-refractivity contribution in [2.45, 2.75) is 24.9 Å². The molecule has 0 aromatic carbocycles. The van der Waals surface area contributed by atoms with Gasteiger partial charge in [-0.05, 0) is 19.4 Å². The summed E-state index contributed by atoms with van der Waals surface area (Å²) in [5.41, 5.74) is -0.654. The third kappa shape index (κ3) is 4.04. The Kier molecular flexibility index (Phi) is 4.66. The second-order valence-electron chi connectivity index (χ2n) is 3.63. The molecule has 4 heteroatoms. The number of aliphatic hydroxyl groups excluding tert-OH is 1. The molecule has 0 spiro atoms. The van der Waals surface area contributed by atoms with E-state index in [2.05, 4.69) is 5.32 Å². The molecular weight excluding hydrogens is 170 g/mol. The Hall–Kier alpha value is -0.160. The smallest absolute Gasteiger partial charge is 0.102 e. The largest absolute Gasteiger partial charge is 0.396 e. The molecule has 1 rings (SSSR count). The number of nitrogens with one attached hydrogen (secondary N) is 1. The standard InChI is InChI=1S/C9H19NO3/c11-5-2-1-4-10-7-9(12)3-6-13-8-9/h10-12H,1-8H2. The molecule has 1 atom stereocenters. The maximum Gasteiger partial charge on any atom is 0.102 e. The van der Waals surface area contributed by atoms with Crippen molar-refractivity contribution in [2.24, 2.45) is 0 Å². The van der Waals surface area contributed by atoms with Crippen LogP contribution in [-0.4, -0.2) is 48.7 Å². The highest BCUT2D eigenvalue weighted by Crippen LogP contribution is 2.16. The summed E-state index contributed by atoms with van der Waals surface area (Å²) >= 11 is 0. The molecule has 1 saturated heterocycles. The fourth-order valence-corrected chi connectivity index (χ4v) is 1.42. The van der Waals surface area contributed by atoms with Crippen LogP contribution < -0.4 is 5.32 Å². The van der Waals surface area contributed by atoms with Crippen molar-refractivity contribution in [3.63, 3.8) is 0 Å². The van der Waals surface area contributed by atoms with E-state index in [1.54, 1.807) is 0 Å². The highest BCUT2D eigenvalue weighted by atomic mass is 16.5. The van der Waals surface area contributed by atoms with Gasteiger partial charge >= 0.3 is 0 Å². The van der Waals surface area contributed by atoms with Crippen LogP contribution in [0.15, 0.2) is 0 Å². The molecule has 0 amide bonds. The summed E-state index contributed by atoms with van der Waals surface area (Å²) in [6.07, 6.45) is 2.50. The predicted molar refractivity (Wildman–Crippen MR) is 49.6 cm³/mol. The first-order valence-electron chi connectivity index (χ1n) is 4.88. The van der Waals surface area contributed by atoms with Crippen LogP contribution in [0.4, 0.5) is 0 Å². The monoisotopic (exact) mass is 189 g/mol. The summed E-state index contributed by atoms with van der Waals surface area (Å²) in [5, 5.41) is 21.5. The van der Waals surface area contributed by atoms with Gasteiger partial charge in [0.2, 0.25) is 0 Å². The average Bonchev–Trinajstić information content (AvgIpc) is 2.53. The summed E-state index contributed by atoms with van der Waals surface area (Å²) in [6.45, 7) is 2.80. The summed E-state index contributed by atoms with van der Waals surface area (Å²) in [6, 6.07) is 0. The van der Waals surface area contributed by atoms with Crippen LogP contribution in [0.3, 0.4) is 0 Å². The van der Waals surface area contributed by atoms with E-state index in [0.717, 1.165) is 25.8 Å². The van der Waals surface area contributed by atoms with Gasteiger partial charge in [-0.1, -0.05) is 0 Å². The highest BCUT2D eigenvalue weighted by Gasteiger charge is 2.31. The van der Waals surface area contributed by atoms with E-state index in [1.807, 2.05) is 0 Å². The minimum Gasteiger partial charge on any atom is -0.396 e. The number of aliphatic hydroxyl groups is 2. The Morgan fingerprint density at radius 1 is 1.38 bits per heavy atom. The molecule has 0 radical (unpaired) electrons. The zero-order valence-electron chi connectivity index (χ0n) is 7.96. The minimum absolute atomic E-state index is 0.245. The van der Waals surface area contributed by atoms with Crippen molar-refractivity contribution in [1.29, 1.82) is 0 Å². The lowest BCUT2D eigenvalue weighted by atomic mass is 10.0. The fraction of sp³-hybridized carbons (Fsp3) is 1.00. The Morgan fingerprint density at radius 2 is 2.23 bits per heavy atom. The summed E-state index contributed by atoms with van der Waals surface area (Å²) in [5.74, 6) is 0. The van der Waals surface area contributed by atoms with E-state index in [-0.39, 0.29) is 6.61 Å². The van der Waals surface area contributed by atoms with Crippen LogP contribution >= 0.6 is 0 Å². The zero-order chi connectivity index (χ0) is 9.57. The SMILES string of the molecule is OCCCCNCC1(O)CCOC1. The van der Waals surface area contributed by atoms with Crippen molar-refractivity contribution in [1.82, 2.24) is 5.32 Å². The molecule has 0 saturated carbocycles. The first-order valence-corrected chi connectivity index (χ1v) is 4.88. The number of ether oxygens (including phenoxy) is 1. The van der Waals surface area contributed by atoms with Gasteiger partial charge in [0.05, 0.1) is 6.61 Å². The van der Waals surface area contributed by atoms with E-state index < -0.39 is 5.60 Å². The fourth-order valence-electron chi connectivity index (χ4n) is 1.42.